The zero-order chi connectivity index (χ0) is 25.0. The highest BCUT2D eigenvalue weighted by Gasteiger charge is 2.25. The molecule has 0 amide bonds. The van der Waals surface area contributed by atoms with Crippen molar-refractivity contribution in [3.8, 4) is 22.6 Å². The molecule has 0 spiro atoms. The molecule has 6 nitrogen and oxygen atoms in total. The first-order chi connectivity index (χ1) is 16.1. The largest absolute Gasteiger partial charge is 0.462 e. The second-order valence-electron chi connectivity index (χ2n) is 8.53. The number of carbonyl (C=O) groups is 3. The quantitative estimate of drug-likeness (QED) is 0.295. The Hall–Kier alpha value is -3.93. The molecule has 1 aliphatic rings. The second-order valence-corrected chi connectivity index (χ2v) is 8.53. The average molecular weight is 461 g/mol. The van der Waals surface area contributed by atoms with Crippen LogP contribution in [0.5, 0.6) is 11.5 Å². The summed E-state index contributed by atoms with van der Waals surface area (Å²) in [6.45, 7) is 15.8. The van der Waals surface area contributed by atoms with Gasteiger partial charge in [-0.25, -0.2) is 14.4 Å². The van der Waals surface area contributed by atoms with Crippen LogP contribution in [0.25, 0.3) is 11.1 Å². The lowest BCUT2D eigenvalue weighted by Crippen LogP contribution is -2.12. The zero-order valence-corrected chi connectivity index (χ0v) is 19.7. The smallest absolute Gasteiger partial charge is 0.338 e. The molecule has 3 rings (SSSR count). The molecule has 0 saturated carbocycles. The number of hydrogen-bond donors (Lipinski definition) is 0. The Labute approximate surface area is 199 Å². The Kier molecular flexibility index (Phi) is 7.51. The Morgan fingerprint density at radius 3 is 1.97 bits per heavy atom. The average Bonchev–Trinajstić information content (AvgIpc) is 3.20. The highest BCUT2D eigenvalue weighted by Crippen LogP contribution is 2.38. The number of esters is 3. The van der Waals surface area contributed by atoms with E-state index in [0.717, 1.165) is 29.5 Å². The topological polar surface area (TPSA) is 78.9 Å². The third-order valence-electron chi connectivity index (χ3n) is 5.49. The summed E-state index contributed by atoms with van der Waals surface area (Å²) in [6.07, 6.45) is 1.75. The normalized spacial score (nSPS) is 14.0. The van der Waals surface area contributed by atoms with Crippen molar-refractivity contribution in [1.82, 2.24) is 0 Å². The van der Waals surface area contributed by atoms with Crippen LogP contribution in [0.1, 0.15) is 44.2 Å². The molecule has 1 aliphatic carbocycles. The van der Waals surface area contributed by atoms with Crippen molar-refractivity contribution in [2.75, 3.05) is 6.61 Å². The van der Waals surface area contributed by atoms with Gasteiger partial charge in [0.25, 0.3) is 0 Å². The van der Waals surface area contributed by atoms with Crippen molar-refractivity contribution >= 4 is 17.9 Å². The van der Waals surface area contributed by atoms with E-state index < -0.39 is 11.9 Å². The fraction of sp³-hybridized carbons (Fsp3) is 0.250. The molecular weight excluding hydrogens is 432 g/mol. The van der Waals surface area contributed by atoms with Crippen LogP contribution in [0.15, 0.2) is 72.9 Å². The summed E-state index contributed by atoms with van der Waals surface area (Å²) in [5, 5.41) is 0. The van der Waals surface area contributed by atoms with E-state index >= 15 is 0 Å². The molecule has 0 aromatic heterocycles. The molecule has 1 atom stereocenters. The van der Waals surface area contributed by atoms with Crippen LogP contribution in [0.4, 0.5) is 0 Å². The van der Waals surface area contributed by atoms with Crippen LogP contribution in [0, 0.1) is 0 Å². The predicted molar refractivity (Wildman–Crippen MR) is 130 cm³/mol. The molecule has 6 heteroatoms. The predicted octanol–water partition coefficient (Wildman–Crippen LogP) is 5.47. The Balaban J connectivity index is 1.88. The van der Waals surface area contributed by atoms with Crippen molar-refractivity contribution in [3.63, 3.8) is 0 Å². The minimum Gasteiger partial charge on any atom is -0.462 e. The number of aryl methyl sites for hydroxylation is 1. The maximum absolute atomic E-state index is 12.2. The molecular formula is C28H28O6. The molecule has 0 fully saturated rings. The van der Waals surface area contributed by atoms with Gasteiger partial charge >= 0.3 is 17.9 Å². The number of benzene rings is 2. The van der Waals surface area contributed by atoms with Crippen LogP contribution in [-0.2, 0) is 25.5 Å². The van der Waals surface area contributed by atoms with Crippen molar-refractivity contribution in [2.45, 2.75) is 39.5 Å². The third kappa shape index (κ3) is 5.70. The number of hydrogen-bond acceptors (Lipinski definition) is 6. The molecule has 0 radical (unpaired) electrons. The molecule has 1 unspecified atom stereocenters. The van der Waals surface area contributed by atoms with E-state index in [1.165, 1.54) is 19.4 Å². The lowest BCUT2D eigenvalue weighted by Gasteiger charge is -2.14. The summed E-state index contributed by atoms with van der Waals surface area (Å²) in [5.74, 6) is -1.24. The molecule has 0 saturated heterocycles. The molecule has 176 valence electrons. The molecule has 0 heterocycles. The minimum atomic E-state index is -0.620. The van der Waals surface area contributed by atoms with Crippen molar-refractivity contribution in [1.29, 1.82) is 0 Å². The van der Waals surface area contributed by atoms with E-state index in [1.807, 2.05) is 12.1 Å². The second kappa shape index (κ2) is 10.3. The summed E-state index contributed by atoms with van der Waals surface area (Å²) in [4.78, 5) is 35.9. The number of fused-ring (bicyclic) bond motifs is 1. The van der Waals surface area contributed by atoms with Gasteiger partial charge in [0.1, 0.15) is 0 Å². The van der Waals surface area contributed by atoms with E-state index in [4.69, 9.17) is 14.2 Å². The van der Waals surface area contributed by atoms with Gasteiger partial charge in [-0.1, -0.05) is 44.0 Å². The van der Waals surface area contributed by atoms with Gasteiger partial charge in [0.2, 0.25) is 0 Å². The van der Waals surface area contributed by atoms with Gasteiger partial charge in [-0.3, -0.25) is 0 Å². The van der Waals surface area contributed by atoms with Gasteiger partial charge in [0.15, 0.2) is 11.5 Å². The molecule has 0 aliphatic heterocycles. The van der Waals surface area contributed by atoms with Crippen LogP contribution in [0.3, 0.4) is 0 Å². The zero-order valence-electron chi connectivity index (χ0n) is 19.7. The van der Waals surface area contributed by atoms with E-state index in [1.54, 1.807) is 25.1 Å². The van der Waals surface area contributed by atoms with Crippen LogP contribution in [0.2, 0.25) is 0 Å². The summed E-state index contributed by atoms with van der Waals surface area (Å²) < 4.78 is 16.1. The minimum absolute atomic E-state index is 0.116. The first-order valence-electron chi connectivity index (χ1n) is 10.9. The van der Waals surface area contributed by atoms with Gasteiger partial charge in [0, 0.05) is 22.6 Å². The summed E-state index contributed by atoms with van der Waals surface area (Å²) >= 11 is 0. The molecule has 0 bridgehead atoms. The standard InChI is InChI=1S/C28H28O6/c1-16(2)26(29)32-15-22-8-7-21-13-19(9-11-23(21)22)20-10-12-24(33-27(30)17(3)4)25(14-20)34-28(31)18(5)6/h9-14,22H,1,3,5,7-8,15H2,2,4,6H3. The Morgan fingerprint density at radius 1 is 0.794 bits per heavy atom. The third-order valence-corrected chi connectivity index (χ3v) is 5.49. The highest BCUT2D eigenvalue weighted by molar-refractivity contribution is 5.91. The Morgan fingerprint density at radius 2 is 1.35 bits per heavy atom. The first kappa shape index (κ1) is 24.7. The van der Waals surface area contributed by atoms with Crippen molar-refractivity contribution in [3.05, 3.63) is 84.0 Å². The van der Waals surface area contributed by atoms with E-state index in [0.29, 0.717) is 12.2 Å². The monoisotopic (exact) mass is 460 g/mol. The number of rotatable bonds is 8. The van der Waals surface area contributed by atoms with Gasteiger partial charge in [0.05, 0.1) is 6.61 Å². The van der Waals surface area contributed by atoms with Crippen molar-refractivity contribution < 1.29 is 28.6 Å². The molecule has 34 heavy (non-hydrogen) atoms. The van der Waals surface area contributed by atoms with Crippen LogP contribution >= 0.6 is 0 Å². The fourth-order valence-corrected chi connectivity index (χ4v) is 3.58. The fourth-order valence-electron chi connectivity index (χ4n) is 3.58. The van der Waals surface area contributed by atoms with Gasteiger partial charge in [-0.15, -0.1) is 0 Å². The van der Waals surface area contributed by atoms with E-state index in [-0.39, 0.29) is 34.5 Å². The summed E-state index contributed by atoms with van der Waals surface area (Å²) in [7, 11) is 0. The maximum Gasteiger partial charge on any atom is 0.338 e. The summed E-state index contributed by atoms with van der Waals surface area (Å²) in [5.41, 5.74) is 4.87. The van der Waals surface area contributed by atoms with E-state index in [2.05, 4.69) is 25.8 Å². The summed E-state index contributed by atoms with van der Waals surface area (Å²) in [6, 6.07) is 11.1. The van der Waals surface area contributed by atoms with Crippen molar-refractivity contribution in [2.24, 2.45) is 0 Å². The van der Waals surface area contributed by atoms with E-state index in [9.17, 15) is 14.4 Å². The van der Waals surface area contributed by atoms with Crippen LogP contribution in [-0.4, -0.2) is 24.5 Å². The molecule has 2 aromatic rings. The van der Waals surface area contributed by atoms with Crippen LogP contribution < -0.4 is 9.47 Å². The van der Waals surface area contributed by atoms with Gasteiger partial charge in [-0.2, -0.15) is 0 Å². The SMILES string of the molecule is C=C(C)C(=O)OCC1CCc2cc(-c3ccc(OC(=O)C(=C)C)c(OC(=O)C(=C)C)c3)ccc21. The highest BCUT2D eigenvalue weighted by atomic mass is 16.6. The van der Waals surface area contributed by atoms with Gasteiger partial charge in [-0.05, 0) is 68.0 Å². The maximum atomic E-state index is 12.2. The Bertz CT molecular complexity index is 1200. The van der Waals surface area contributed by atoms with Gasteiger partial charge < -0.3 is 14.2 Å². The lowest BCUT2D eigenvalue weighted by atomic mass is 9.97. The number of ether oxygens (including phenoxy) is 3. The first-order valence-corrected chi connectivity index (χ1v) is 10.9. The number of carbonyl (C=O) groups excluding carboxylic acids is 3. The lowest BCUT2D eigenvalue weighted by molar-refractivity contribution is -0.139. The molecule has 0 N–H and O–H groups in total. The molecule has 2 aromatic carbocycles.